The zero-order chi connectivity index (χ0) is 29.0. The minimum Gasteiger partial charge on any atom is -0.464 e. The van der Waals surface area contributed by atoms with E-state index in [1.165, 1.54) is 52.3 Å². The predicted octanol–water partition coefficient (Wildman–Crippen LogP) is 2.60. The first-order valence-corrected chi connectivity index (χ1v) is 13.5. The van der Waals surface area contributed by atoms with Crippen molar-refractivity contribution in [3.8, 4) is 0 Å². The van der Waals surface area contributed by atoms with Gasteiger partial charge in [0, 0.05) is 37.4 Å². The minimum absolute atomic E-state index is 0.139. The topological polar surface area (TPSA) is 163 Å². The normalized spacial score (nSPS) is 22.5. The molecule has 0 spiro atoms. The Kier molecular flexibility index (Phi) is 8.54. The lowest BCUT2D eigenvalue weighted by Gasteiger charge is -2.56. The third-order valence-corrected chi connectivity index (χ3v) is 8.66. The van der Waals surface area contributed by atoms with Gasteiger partial charge in [-0.2, -0.15) is 0 Å². The summed E-state index contributed by atoms with van der Waals surface area (Å²) in [4.78, 5) is 75.6. The molecule has 3 heterocycles. The Morgan fingerprint density at radius 1 is 1.20 bits per heavy atom. The Balaban J connectivity index is 1.64. The number of benzene rings is 1. The number of rotatable bonds is 10. The molecule has 1 aromatic carbocycles. The van der Waals surface area contributed by atoms with Crippen LogP contribution in [0.4, 0.5) is 10.7 Å². The van der Waals surface area contributed by atoms with Gasteiger partial charge in [-0.3, -0.25) is 39.0 Å². The van der Waals surface area contributed by atoms with Gasteiger partial charge in [-0.1, -0.05) is 11.8 Å². The third-order valence-electron chi connectivity index (χ3n) is 6.29. The minimum atomic E-state index is -1.75. The van der Waals surface area contributed by atoms with E-state index in [0.29, 0.717) is 10.6 Å². The van der Waals surface area contributed by atoms with E-state index in [9.17, 15) is 34.1 Å². The van der Waals surface area contributed by atoms with Gasteiger partial charge in [0.1, 0.15) is 30.9 Å². The number of anilines is 1. The summed E-state index contributed by atoms with van der Waals surface area (Å²) in [5.41, 5.74) is -1.44. The molecular formula is C25H23N3O10S2. The SMILES string of the molecule is CC(=O)OCC1(C(=O)OCc2ccc([N+](=O)[O-])cc2)CN2C(=O)C(N(C(C)=O)c3cccs3)[C@H]2SC1=COC=O. The average molecular weight is 590 g/mol. The van der Waals surface area contributed by atoms with Crippen molar-refractivity contribution in [1.82, 2.24) is 4.90 Å². The number of thiophene rings is 1. The highest BCUT2D eigenvalue weighted by Crippen LogP contribution is 2.52. The van der Waals surface area contributed by atoms with Crippen molar-refractivity contribution in [2.24, 2.45) is 5.41 Å². The Labute approximate surface area is 235 Å². The molecule has 15 heteroatoms. The van der Waals surface area contributed by atoms with Crippen molar-refractivity contribution < 1.29 is 43.1 Å². The molecule has 0 radical (unpaired) electrons. The lowest BCUT2D eigenvalue weighted by atomic mass is 9.85. The maximum Gasteiger partial charge on any atom is 0.322 e. The lowest BCUT2D eigenvalue weighted by Crippen LogP contribution is -2.74. The van der Waals surface area contributed by atoms with Crippen LogP contribution in [0.2, 0.25) is 0 Å². The summed E-state index contributed by atoms with van der Waals surface area (Å²) in [6.45, 7) is 1.56. The molecule has 0 N–H and O–H groups in total. The summed E-state index contributed by atoms with van der Waals surface area (Å²) in [6, 6.07) is 7.94. The molecule has 0 aliphatic carbocycles. The molecule has 2 aliphatic rings. The molecule has 40 heavy (non-hydrogen) atoms. The molecule has 1 aromatic heterocycles. The number of carbonyl (C=O) groups is 5. The maximum atomic E-state index is 13.6. The molecule has 2 aliphatic heterocycles. The van der Waals surface area contributed by atoms with Crippen LogP contribution in [-0.2, 0) is 44.8 Å². The van der Waals surface area contributed by atoms with E-state index in [0.717, 1.165) is 24.9 Å². The zero-order valence-corrected chi connectivity index (χ0v) is 22.8. The number of nitrogens with zero attached hydrogens (tertiary/aromatic N) is 3. The van der Waals surface area contributed by atoms with Gasteiger partial charge in [0.15, 0.2) is 5.41 Å². The number of nitro groups is 1. The van der Waals surface area contributed by atoms with E-state index < -0.39 is 46.2 Å². The van der Waals surface area contributed by atoms with Crippen LogP contribution in [0.3, 0.4) is 0 Å². The van der Waals surface area contributed by atoms with Crippen molar-refractivity contribution >= 4 is 64.0 Å². The highest BCUT2D eigenvalue weighted by molar-refractivity contribution is 8.04. The van der Waals surface area contributed by atoms with Gasteiger partial charge in [0.05, 0.1) is 9.92 Å². The number of esters is 2. The molecule has 2 amide bonds. The second kappa shape index (κ2) is 11.9. The van der Waals surface area contributed by atoms with Crippen molar-refractivity contribution in [2.75, 3.05) is 18.1 Å². The second-order valence-electron chi connectivity index (χ2n) is 8.84. The highest BCUT2D eigenvalue weighted by atomic mass is 32.2. The van der Waals surface area contributed by atoms with E-state index in [4.69, 9.17) is 14.2 Å². The first kappa shape index (κ1) is 28.8. The van der Waals surface area contributed by atoms with Crippen molar-refractivity contribution in [2.45, 2.75) is 31.9 Å². The van der Waals surface area contributed by atoms with Gasteiger partial charge in [-0.25, -0.2) is 0 Å². The molecular weight excluding hydrogens is 566 g/mol. The number of ether oxygens (including phenoxy) is 3. The van der Waals surface area contributed by atoms with Gasteiger partial charge < -0.3 is 19.1 Å². The summed E-state index contributed by atoms with van der Waals surface area (Å²) in [5.74, 6) is -2.35. The fourth-order valence-electron chi connectivity index (χ4n) is 4.34. The van der Waals surface area contributed by atoms with E-state index in [1.807, 2.05) is 0 Å². The van der Waals surface area contributed by atoms with Gasteiger partial charge >= 0.3 is 11.9 Å². The van der Waals surface area contributed by atoms with E-state index in [1.54, 1.807) is 17.5 Å². The van der Waals surface area contributed by atoms with Gasteiger partial charge in [0.25, 0.3) is 12.2 Å². The summed E-state index contributed by atoms with van der Waals surface area (Å²) in [5, 5.41) is 12.6. The van der Waals surface area contributed by atoms with Crippen LogP contribution < -0.4 is 4.90 Å². The Morgan fingerprint density at radius 3 is 2.50 bits per heavy atom. The maximum absolute atomic E-state index is 13.6. The van der Waals surface area contributed by atoms with Crippen LogP contribution in [0.25, 0.3) is 0 Å². The Morgan fingerprint density at radius 2 is 1.93 bits per heavy atom. The summed E-state index contributed by atoms with van der Waals surface area (Å²) >= 11 is 2.30. The third kappa shape index (κ3) is 5.56. The van der Waals surface area contributed by atoms with E-state index >= 15 is 0 Å². The van der Waals surface area contributed by atoms with Gasteiger partial charge in [-0.15, -0.1) is 11.3 Å². The first-order chi connectivity index (χ1) is 19.1. The number of non-ortho nitro benzene ring substituents is 1. The average Bonchev–Trinajstić information content (AvgIpc) is 3.46. The van der Waals surface area contributed by atoms with Crippen molar-refractivity contribution in [3.05, 3.63) is 68.6 Å². The number of amides is 2. The molecule has 2 fully saturated rings. The highest BCUT2D eigenvalue weighted by Gasteiger charge is 2.62. The fourth-order valence-corrected chi connectivity index (χ4v) is 6.63. The van der Waals surface area contributed by atoms with Crippen molar-refractivity contribution in [3.63, 3.8) is 0 Å². The second-order valence-corrected chi connectivity index (χ2v) is 10.9. The largest absolute Gasteiger partial charge is 0.464 e. The number of hydrogen-bond donors (Lipinski definition) is 0. The molecule has 2 unspecified atom stereocenters. The van der Waals surface area contributed by atoms with E-state index in [-0.39, 0.29) is 36.1 Å². The van der Waals surface area contributed by atoms with Crippen LogP contribution in [0, 0.1) is 15.5 Å². The molecule has 0 saturated carbocycles. The van der Waals surface area contributed by atoms with Crippen LogP contribution >= 0.6 is 23.1 Å². The number of carbonyl (C=O) groups excluding carboxylic acids is 5. The Bertz CT molecular complexity index is 1360. The first-order valence-electron chi connectivity index (χ1n) is 11.7. The van der Waals surface area contributed by atoms with Crippen LogP contribution in [0.1, 0.15) is 19.4 Å². The van der Waals surface area contributed by atoms with Crippen molar-refractivity contribution in [1.29, 1.82) is 0 Å². The van der Waals surface area contributed by atoms with Gasteiger partial charge in [-0.05, 0) is 35.2 Å². The molecule has 210 valence electrons. The number of fused-ring (bicyclic) bond motifs is 1. The molecule has 0 bridgehead atoms. The van der Waals surface area contributed by atoms with Crippen LogP contribution in [0.15, 0.2) is 52.9 Å². The fraction of sp³-hybridized carbons (Fsp3) is 0.320. The monoisotopic (exact) mass is 589 g/mol. The summed E-state index contributed by atoms with van der Waals surface area (Å²) in [7, 11) is 0. The van der Waals surface area contributed by atoms with Crippen LogP contribution in [-0.4, -0.2) is 64.6 Å². The molecule has 2 saturated heterocycles. The molecule has 2 aromatic rings. The standard InChI is InChI=1S/C25H23N3O10S2/c1-15(30)27(20-4-3-9-39-20)21-22(32)26-12-25(13-38-16(2)31,19(11-36-14-29)40-23(21)26)24(33)37-10-17-5-7-18(8-6-17)28(34)35/h3-9,11,14,21,23H,10,12-13H2,1-2H3/t21?,23-,25?/m1/s1. The van der Waals surface area contributed by atoms with E-state index in [2.05, 4.69) is 0 Å². The lowest BCUT2D eigenvalue weighted by molar-refractivity contribution is -0.384. The van der Waals surface area contributed by atoms with Crippen LogP contribution in [0.5, 0.6) is 0 Å². The number of hydrogen-bond acceptors (Lipinski definition) is 12. The molecule has 13 nitrogen and oxygen atoms in total. The number of nitro benzene ring substituents is 1. The number of thioether (sulfide) groups is 1. The summed E-state index contributed by atoms with van der Waals surface area (Å²) < 4.78 is 15.6. The quantitative estimate of drug-likeness (QED) is 0.0761. The predicted molar refractivity (Wildman–Crippen MR) is 142 cm³/mol. The molecule has 3 atom stereocenters. The molecule has 4 rings (SSSR count). The number of β-lactam (4-membered cyclic amide) rings is 1. The zero-order valence-electron chi connectivity index (χ0n) is 21.2. The Hall–Kier alpha value is -4.24. The smallest absolute Gasteiger partial charge is 0.322 e. The summed E-state index contributed by atoms with van der Waals surface area (Å²) in [6.07, 6.45) is 1.04. The van der Waals surface area contributed by atoms with Gasteiger partial charge in [0.2, 0.25) is 11.8 Å².